The predicted octanol–water partition coefficient (Wildman–Crippen LogP) is -2.09. The molecule has 0 radical (unpaired) electrons. The molecule has 0 atom stereocenters. The van der Waals surface area contributed by atoms with Gasteiger partial charge in [0.1, 0.15) is 14.1 Å². The quantitative estimate of drug-likeness (QED) is 0.462. The molecule has 0 unspecified atom stereocenters. The van der Waals surface area contributed by atoms with E-state index >= 15 is 0 Å². The number of allylic oxidation sites excluding steroid dienone is 1. The molecule has 0 aliphatic rings. The molecule has 1 aromatic rings. The van der Waals surface area contributed by atoms with Crippen LogP contribution in [0.15, 0.2) is 23.6 Å². The highest BCUT2D eigenvalue weighted by Crippen LogP contribution is 2.22. The van der Waals surface area contributed by atoms with Crippen molar-refractivity contribution in [1.29, 1.82) is 0 Å². The van der Waals surface area contributed by atoms with Crippen LogP contribution in [0.1, 0.15) is 4.88 Å². The molecule has 0 aliphatic carbocycles. The number of halogens is 2. The van der Waals surface area contributed by atoms with Gasteiger partial charge in [-0.1, -0.05) is 17.7 Å². The van der Waals surface area contributed by atoms with Crippen LogP contribution in [0.4, 0.5) is 0 Å². The fourth-order valence-electron chi connectivity index (χ4n) is 0.711. The van der Waals surface area contributed by atoms with E-state index in [2.05, 4.69) is 0 Å². The molecule has 1 rings (SSSR count). The van der Waals surface area contributed by atoms with Crippen molar-refractivity contribution in [3.63, 3.8) is 0 Å². The van der Waals surface area contributed by atoms with E-state index in [0.717, 1.165) is 9.91 Å². The van der Waals surface area contributed by atoms with Crippen molar-refractivity contribution in [2.45, 2.75) is 0 Å². The first-order valence-electron chi connectivity index (χ1n) is 4.23. The highest BCUT2D eigenvalue weighted by molar-refractivity contribution is 7.12. The molecule has 1 aromatic heterocycles. The summed E-state index contributed by atoms with van der Waals surface area (Å²) in [7, 11) is -1.01. The van der Waals surface area contributed by atoms with E-state index in [0.29, 0.717) is 0 Å². The average molecular weight is 300 g/mol. The summed E-state index contributed by atoms with van der Waals surface area (Å²) in [5, 5.41) is 2.81. The van der Waals surface area contributed by atoms with Gasteiger partial charge >= 0.3 is 0 Å². The Kier molecular flexibility index (Phi) is 7.56. The molecule has 0 N–H and O–H groups in total. The Labute approximate surface area is 110 Å². The van der Waals surface area contributed by atoms with Gasteiger partial charge in [0, 0.05) is 11.0 Å². The molecule has 0 fully saturated rings. The fraction of sp³-hybridized carbons (Fsp3) is 0.222. The Morgan fingerprint density at radius 2 is 1.88 bits per heavy atom. The molecule has 0 saturated carbocycles. The van der Waals surface area contributed by atoms with Gasteiger partial charge in [0.2, 0.25) is 0 Å². The Morgan fingerprint density at radius 1 is 1.35 bits per heavy atom. The Balaban J connectivity index is 0.000000437. The maximum atomic E-state index is 8.49. The third-order valence-electron chi connectivity index (χ3n) is 1.28. The number of hydrogen-bond donors (Lipinski definition) is 0. The van der Waals surface area contributed by atoms with Crippen molar-refractivity contribution in [3.05, 3.63) is 28.5 Å². The lowest BCUT2D eigenvalue weighted by molar-refractivity contribution is -2.00. The highest BCUT2D eigenvalue weighted by Gasteiger charge is 1.97. The van der Waals surface area contributed by atoms with E-state index in [4.69, 9.17) is 30.2 Å². The second-order valence-corrected chi connectivity index (χ2v) is 5.09. The Bertz CT molecular complexity index is 374. The molecule has 0 aromatic carbocycles. The maximum Gasteiger partial charge on any atom is 0.164 e. The van der Waals surface area contributed by atoms with E-state index in [-0.39, 0.29) is 0 Å². The van der Waals surface area contributed by atoms with E-state index in [9.17, 15) is 0 Å². The Morgan fingerprint density at radius 3 is 2.24 bits per heavy atom. The van der Waals surface area contributed by atoms with Crippen LogP contribution in [0.3, 0.4) is 0 Å². The van der Waals surface area contributed by atoms with Crippen molar-refractivity contribution >= 4 is 34.2 Å². The molecule has 0 bridgehead atoms. The Hall–Kier alpha value is -0.470. The van der Waals surface area contributed by atoms with Gasteiger partial charge in [-0.05, 0) is 11.4 Å². The average Bonchev–Trinajstić information content (AvgIpc) is 2.63. The van der Waals surface area contributed by atoms with E-state index in [1.807, 2.05) is 48.5 Å². The van der Waals surface area contributed by atoms with Crippen molar-refractivity contribution in [2.24, 2.45) is 0 Å². The van der Waals surface area contributed by atoms with Gasteiger partial charge in [0.05, 0.1) is 5.03 Å². The molecule has 0 aliphatic heterocycles. The molecule has 17 heavy (non-hydrogen) atoms. The summed E-state index contributed by atoms with van der Waals surface area (Å²) < 4.78 is 35.9. The zero-order chi connectivity index (χ0) is 13.5. The van der Waals surface area contributed by atoms with Crippen LogP contribution >= 0.6 is 22.9 Å². The molecule has 0 saturated heterocycles. The van der Waals surface area contributed by atoms with Crippen LogP contribution in [0.25, 0.3) is 5.03 Å². The minimum atomic E-state index is -4.94. The van der Waals surface area contributed by atoms with Crippen molar-refractivity contribution in [1.82, 2.24) is 0 Å². The fourth-order valence-corrected chi connectivity index (χ4v) is 1.61. The van der Waals surface area contributed by atoms with Crippen molar-refractivity contribution in [3.8, 4) is 0 Å². The summed E-state index contributed by atoms with van der Waals surface area (Å²) in [4.78, 5) is 1.11. The van der Waals surface area contributed by atoms with Gasteiger partial charge in [0.25, 0.3) is 0 Å². The smallest absolute Gasteiger partial charge is 0.164 e. The van der Waals surface area contributed by atoms with Crippen LogP contribution in [-0.2, 0) is 0 Å². The molecule has 0 spiro atoms. The predicted molar refractivity (Wildman–Crippen MR) is 56.3 cm³/mol. The first kappa shape index (κ1) is 16.5. The van der Waals surface area contributed by atoms with Crippen molar-refractivity contribution < 1.29 is 33.5 Å². The monoisotopic (exact) mass is 299 g/mol. The van der Waals surface area contributed by atoms with Crippen LogP contribution in [-0.4, -0.2) is 24.9 Å². The minimum absolute atomic E-state index is 0.790. The standard InChI is InChI=1S/C9H11ClNS.ClHO4/c1-11(2)6-5-8(10)9-4-3-7-12-9;2-1(3,4)5/h3-7H,1-2H3;(H,2,3,4,5)/q+1;/p-1/b8-5-;. The number of hydrogen-bond acceptors (Lipinski definition) is 5. The van der Waals surface area contributed by atoms with E-state index < -0.39 is 10.2 Å². The second kappa shape index (κ2) is 7.78. The van der Waals surface area contributed by atoms with Gasteiger partial charge in [-0.15, -0.1) is 21.6 Å². The third-order valence-corrected chi connectivity index (χ3v) is 2.62. The molecule has 8 heteroatoms. The van der Waals surface area contributed by atoms with Gasteiger partial charge in [0.15, 0.2) is 6.21 Å². The highest BCUT2D eigenvalue weighted by atomic mass is 35.7. The number of nitrogens with zero attached hydrogens (tertiary/aromatic N) is 1. The molecule has 0 amide bonds. The second-order valence-electron chi connectivity index (χ2n) is 2.98. The third kappa shape index (κ3) is 11.8. The largest absolute Gasteiger partial charge is 0.241 e. The van der Waals surface area contributed by atoms with Crippen LogP contribution < -0.4 is 18.6 Å². The van der Waals surface area contributed by atoms with Gasteiger partial charge in [-0.25, -0.2) is 23.2 Å². The summed E-state index contributed by atoms with van der Waals surface area (Å²) in [5.41, 5.74) is 0. The van der Waals surface area contributed by atoms with Crippen LogP contribution in [0.5, 0.6) is 0 Å². The lowest BCUT2D eigenvalue weighted by Gasteiger charge is -2.17. The molecular weight excluding hydrogens is 289 g/mol. The molecular formula is C9H11Cl2NO4S. The van der Waals surface area contributed by atoms with Crippen molar-refractivity contribution in [2.75, 3.05) is 14.1 Å². The maximum absolute atomic E-state index is 8.49. The molecule has 5 nitrogen and oxygen atoms in total. The zero-order valence-corrected chi connectivity index (χ0v) is 11.5. The normalized spacial score (nSPS) is 11.6. The van der Waals surface area contributed by atoms with Gasteiger partial charge in [-0.3, -0.25) is 0 Å². The lowest BCUT2D eigenvalue weighted by Crippen LogP contribution is -2.68. The number of rotatable bonds is 2. The zero-order valence-electron chi connectivity index (χ0n) is 9.13. The summed E-state index contributed by atoms with van der Waals surface area (Å²) in [6.07, 6.45) is 3.83. The van der Waals surface area contributed by atoms with Gasteiger partial charge in [-0.2, -0.15) is 0 Å². The van der Waals surface area contributed by atoms with E-state index in [1.54, 1.807) is 11.3 Å². The van der Waals surface area contributed by atoms with E-state index in [1.165, 1.54) is 0 Å². The minimum Gasteiger partial charge on any atom is -0.241 e. The summed E-state index contributed by atoms with van der Waals surface area (Å²) >= 11 is 7.65. The lowest BCUT2D eigenvalue weighted by atomic mass is 10.4. The topological polar surface area (TPSA) is 95.2 Å². The molecule has 96 valence electrons. The van der Waals surface area contributed by atoms with Crippen LogP contribution in [0, 0.1) is 10.2 Å². The SMILES string of the molecule is C[N+](C)=C/C=C(\Cl)c1cccs1.[O-][Cl+3]([O-])([O-])[O-]. The van der Waals surface area contributed by atoms with Crippen LogP contribution in [0.2, 0.25) is 0 Å². The summed E-state index contributed by atoms with van der Waals surface area (Å²) in [6.45, 7) is 0. The molecule has 1 heterocycles. The summed E-state index contributed by atoms with van der Waals surface area (Å²) in [6, 6.07) is 4.00. The number of thiophene rings is 1. The van der Waals surface area contributed by atoms with Gasteiger partial charge < -0.3 is 0 Å². The first-order valence-corrected chi connectivity index (χ1v) is 6.72. The summed E-state index contributed by atoms with van der Waals surface area (Å²) in [5.74, 6) is 0. The first-order chi connectivity index (χ1) is 7.70.